The van der Waals surface area contributed by atoms with Crippen LogP contribution in [0.4, 0.5) is 0 Å². The van der Waals surface area contributed by atoms with Gasteiger partial charge in [-0.25, -0.2) is 0 Å². The van der Waals surface area contributed by atoms with Gasteiger partial charge in [0, 0.05) is 0 Å². The van der Waals surface area contributed by atoms with Crippen molar-refractivity contribution in [3.05, 3.63) is 23.8 Å². The van der Waals surface area contributed by atoms with Crippen molar-refractivity contribution in [3.63, 3.8) is 0 Å². The van der Waals surface area contributed by atoms with Gasteiger partial charge in [-0.3, -0.25) is 0 Å². The summed E-state index contributed by atoms with van der Waals surface area (Å²) in [6.07, 6.45) is 2.21. The summed E-state index contributed by atoms with van der Waals surface area (Å²) in [6.45, 7) is 0.847. The summed E-state index contributed by atoms with van der Waals surface area (Å²) in [6, 6.07) is 5.96. The summed E-state index contributed by atoms with van der Waals surface area (Å²) in [5, 5.41) is 0. The highest BCUT2D eigenvalue weighted by atomic mass is 16.5. The lowest BCUT2D eigenvalue weighted by Gasteiger charge is -2.17. The van der Waals surface area contributed by atoms with E-state index in [0.29, 0.717) is 0 Å². The van der Waals surface area contributed by atoms with Crippen LogP contribution in [0.5, 0.6) is 11.5 Å². The van der Waals surface area contributed by atoms with Gasteiger partial charge in [-0.15, -0.1) is 0 Å². The molecule has 0 N–H and O–H groups in total. The van der Waals surface area contributed by atoms with Crippen molar-refractivity contribution in [1.82, 2.24) is 0 Å². The van der Waals surface area contributed by atoms with Crippen LogP contribution >= 0.6 is 0 Å². The normalized spacial score (nSPS) is 14.8. The second-order valence-corrected chi connectivity index (χ2v) is 2.93. The zero-order chi connectivity index (χ0) is 8.39. The minimum absolute atomic E-state index is 0.847. The lowest BCUT2D eigenvalue weighted by Crippen LogP contribution is -2.07. The molecule has 2 nitrogen and oxygen atoms in total. The molecule has 1 aliphatic rings. The van der Waals surface area contributed by atoms with Gasteiger partial charge in [0.15, 0.2) is 0 Å². The molecule has 0 aliphatic carbocycles. The molecule has 12 heavy (non-hydrogen) atoms. The predicted octanol–water partition coefficient (Wildman–Crippen LogP) is 2.02. The number of fused-ring (bicyclic) bond motifs is 1. The third-order valence-corrected chi connectivity index (χ3v) is 2.12. The minimum Gasteiger partial charge on any atom is -0.497 e. The Morgan fingerprint density at radius 2 is 2.33 bits per heavy atom. The largest absolute Gasteiger partial charge is 0.497 e. The zero-order valence-corrected chi connectivity index (χ0v) is 7.17. The highest BCUT2D eigenvalue weighted by Gasteiger charge is 2.09. The lowest BCUT2D eigenvalue weighted by molar-refractivity contribution is 0.287. The Morgan fingerprint density at radius 1 is 1.42 bits per heavy atom. The molecule has 1 aromatic rings. The van der Waals surface area contributed by atoms with Crippen LogP contribution < -0.4 is 9.47 Å². The number of hydrogen-bond donors (Lipinski definition) is 0. The second-order valence-electron chi connectivity index (χ2n) is 2.93. The van der Waals surface area contributed by atoms with Crippen molar-refractivity contribution < 1.29 is 9.47 Å². The molecule has 0 unspecified atom stereocenters. The first-order valence-corrected chi connectivity index (χ1v) is 4.20. The van der Waals surface area contributed by atoms with Crippen molar-refractivity contribution in [2.45, 2.75) is 12.8 Å². The highest BCUT2D eigenvalue weighted by Crippen LogP contribution is 2.28. The van der Waals surface area contributed by atoms with E-state index < -0.39 is 0 Å². The van der Waals surface area contributed by atoms with Gasteiger partial charge in [-0.2, -0.15) is 0 Å². The van der Waals surface area contributed by atoms with Crippen LogP contribution in [0.3, 0.4) is 0 Å². The van der Waals surface area contributed by atoms with Gasteiger partial charge < -0.3 is 9.47 Å². The maximum Gasteiger partial charge on any atom is 0.122 e. The van der Waals surface area contributed by atoms with Crippen LogP contribution in [0.15, 0.2) is 18.2 Å². The minimum atomic E-state index is 0.847. The number of benzene rings is 1. The van der Waals surface area contributed by atoms with Gasteiger partial charge >= 0.3 is 0 Å². The molecule has 0 amide bonds. The fraction of sp³-hybridized carbons (Fsp3) is 0.400. The Labute approximate surface area is 72.1 Å². The first-order valence-electron chi connectivity index (χ1n) is 4.20. The van der Waals surface area contributed by atoms with Gasteiger partial charge in [0.25, 0.3) is 0 Å². The van der Waals surface area contributed by atoms with Crippen LogP contribution in [0.2, 0.25) is 0 Å². The van der Waals surface area contributed by atoms with Crippen LogP contribution in [-0.2, 0) is 6.42 Å². The first kappa shape index (κ1) is 7.47. The van der Waals surface area contributed by atoms with Crippen LogP contribution in [-0.4, -0.2) is 13.7 Å². The molecular formula is C10H12O2. The molecule has 0 aromatic heterocycles. The molecule has 0 spiro atoms. The van der Waals surface area contributed by atoms with E-state index in [0.717, 1.165) is 30.9 Å². The van der Waals surface area contributed by atoms with Crippen molar-refractivity contribution in [2.24, 2.45) is 0 Å². The topological polar surface area (TPSA) is 18.5 Å². The monoisotopic (exact) mass is 164 g/mol. The van der Waals surface area contributed by atoms with Gasteiger partial charge in [0.1, 0.15) is 11.5 Å². The van der Waals surface area contributed by atoms with Gasteiger partial charge in [0.2, 0.25) is 0 Å². The smallest absolute Gasteiger partial charge is 0.122 e. The molecule has 0 saturated heterocycles. The Balaban J connectivity index is 2.36. The van der Waals surface area contributed by atoms with Gasteiger partial charge in [-0.05, 0) is 36.6 Å². The summed E-state index contributed by atoms with van der Waals surface area (Å²) in [5.74, 6) is 1.93. The van der Waals surface area contributed by atoms with E-state index in [1.54, 1.807) is 7.11 Å². The number of hydrogen-bond acceptors (Lipinski definition) is 2. The van der Waals surface area contributed by atoms with Crippen molar-refractivity contribution in [1.29, 1.82) is 0 Å². The summed E-state index contributed by atoms with van der Waals surface area (Å²) in [5.41, 5.74) is 1.26. The van der Waals surface area contributed by atoms with E-state index in [9.17, 15) is 0 Å². The maximum absolute atomic E-state index is 5.47. The van der Waals surface area contributed by atoms with Crippen LogP contribution in [0.1, 0.15) is 12.0 Å². The predicted molar refractivity (Wildman–Crippen MR) is 46.8 cm³/mol. The molecular weight excluding hydrogens is 152 g/mol. The SMILES string of the molecule is COc1ccc2c(c1)CCCO2. The molecule has 2 heteroatoms. The second kappa shape index (κ2) is 3.05. The molecule has 1 aliphatic heterocycles. The Kier molecular flexibility index (Phi) is 1.90. The zero-order valence-electron chi connectivity index (χ0n) is 7.17. The number of aryl methyl sites for hydroxylation is 1. The van der Waals surface area contributed by atoms with E-state index in [1.807, 2.05) is 12.1 Å². The summed E-state index contributed by atoms with van der Waals surface area (Å²) < 4.78 is 10.6. The molecule has 0 saturated carbocycles. The molecule has 1 aromatic carbocycles. The number of rotatable bonds is 1. The van der Waals surface area contributed by atoms with E-state index in [2.05, 4.69) is 6.07 Å². The molecule has 0 bridgehead atoms. The Morgan fingerprint density at radius 3 is 3.17 bits per heavy atom. The highest BCUT2D eigenvalue weighted by molar-refractivity contribution is 5.41. The molecule has 0 atom stereocenters. The number of methoxy groups -OCH3 is 1. The summed E-state index contributed by atoms with van der Waals surface area (Å²) >= 11 is 0. The average Bonchev–Trinajstić information content (AvgIpc) is 2.17. The van der Waals surface area contributed by atoms with Crippen molar-refractivity contribution in [3.8, 4) is 11.5 Å². The quantitative estimate of drug-likeness (QED) is 0.632. The first-order chi connectivity index (χ1) is 5.90. The Hall–Kier alpha value is -1.18. The summed E-state index contributed by atoms with van der Waals surface area (Å²) in [7, 11) is 1.69. The summed E-state index contributed by atoms with van der Waals surface area (Å²) in [4.78, 5) is 0. The van der Waals surface area contributed by atoms with Crippen molar-refractivity contribution in [2.75, 3.05) is 13.7 Å². The molecule has 64 valence electrons. The van der Waals surface area contributed by atoms with E-state index in [-0.39, 0.29) is 0 Å². The lowest BCUT2D eigenvalue weighted by atomic mass is 10.1. The number of ether oxygens (including phenoxy) is 2. The molecule has 1 heterocycles. The molecule has 2 rings (SSSR count). The molecule has 0 radical (unpaired) electrons. The van der Waals surface area contributed by atoms with Crippen LogP contribution in [0.25, 0.3) is 0 Å². The molecule has 0 fully saturated rings. The fourth-order valence-electron chi connectivity index (χ4n) is 1.46. The van der Waals surface area contributed by atoms with E-state index >= 15 is 0 Å². The van der Waals surface area contributed by atoms with E-state index in [1.165, 1.54) is 5.56 Å². The van der Waals surface area contributed by atoms with Gasteiger partial charge in [0.05, 0.1) is 13.7 Å². The Bertz CT molecular complexity index is 281. The van der Waals surface area contributed by atoms with E-state index in [4.69, 9.17) is 9.47 Å². The third-order valence-electron chi connectivity index (χ3n) is 2.12. The fourth-order valence-corrected chi connectivity index (χ4v) is 1.46. The van der Waals surface area contributed by atoms with Gasteiger partial charge in [-0.1, -0.05) is 0 Å². The third kappa shape index (κ3) is 1.24. The standard InChI is InChI=1S/C10H12O2/c1-11-9-4-5-10-8(7-9)3-2-6-12-10/h4-5,7H,2-3,6H2,1H3. The van der Waals surface area contributed by atoms with Crippen molar-refractivity contribution >= 4 is 0 Å². The average molecular weight is 164 g/mol. The maximum atomic E-state index is 5.47. The van der Waals surface area contributed by atoms with Crippen LogP contribution in [0, 0.1) is 0 Å².